The van der Waals surface area contributed by atoms with Gasteiger partial charge in [0.15, 0.2) is 0 Å². The van der Waals surface area contributed by atoms with Crippen LogP contribution >= 0.6 is 0 Å². The molecule has 0 aliphatic heterocycles. The first-order valence-electron chi connectivity index (χ1n) is 5.99. The molecule has 0 aromatic heterocycles. The van der Waals surface area contributed by atoms with E-state index in [2.05, 4.69) is 19.2 Å². The zero-order valence-corrected chi connectivity index (χ0v) is 10.5. The van der Waals surface area contributed by atoms with E-state index in [1.807, 2.05) is 24.3 Å². The van der Waals surface area contributed by atoms with E-state index < -0.39 is 6.10 Å². The van der Waals surface area contributed by atoms with Crippen LogP contribution in [0.15, 0.2) is 24.3 Å². The van der Waals surface area contributed by atoms with Crippen LogP contribution in [-0.2, 0) is 4.79 Å². The van der Waals surface area contributed by atoms with Crippen LogP contribution in [0.5, 0.6) is 0 Å². The topological polar surface area (TPSA) is 49.3 Å². The first kappa shape index (κ1) is 12.1. The van der Waals surface area contributed by atoms with Gasteiger partial charge in [-0.1, -0.05) is 32.0 Å². The number of anilines is 1. The van der Waals surface area contributed by atoms with E-state index in [-0.39, 0.29) is 17.2 Å². The normalized spacial score (nSPS) is 22.9. The number of hydrogen-bond donors (Lipinski definition) is 2. The van der Waals surface area contributed by atoms with Gasteiger partial charge in [0.05, 0.1) is 6.10 Å². The van der Waals surface area contributed by atoms with Crippen LogP contribution in [0, 0.1) is 11.3 Å². The molecule has 2 unspecified atom stereocenters. The molecule has 0 radical (unpaired) electrons. The van der Waals surface area contributed by atoms with Crippen LogP contribution in [0.2, 0.25) is 0 Å². The van der Waals surface area contributed by atoms with E-state index in [1.54, 1.807) is 6.92 Å². The van der Waals surface area contributed by atoms with Gasteiger partial charge in [-0.15, -0.1) is 0 Å². The van der Waals surface area contributed by atoms with Crippen molar-refractivity contribution in [3.8, 4) is 0 Å². The Morgan fingerprint density at radius 1 is 1.47 bits per heavy atom. The smallest absolute Gasteiger partial charge is 0.228 e. The maximum absolute atomic E-state index is 12.0. The van der Waals surface area contributed by atoms with Crippen molar-refractivity contribution in [3.63, 3.8) is 0 Å². The number of amides is 1. The highest BCUT2D eigenvalue weighted by atomic mass is 16.3. The average Bonchev–Trinajstić information content (AvgIpc) is 2.88. The molecule has 1 aromatic rings. The Morgan fingerprint density at radius 2 is 2.06 bits per heavy atom. The molecule has 2 rings (SSSR count). The third-order valence-electron chi connectivity index (χ3n) is 3.50. The molecule has 3 nitrogen and oxygen atoms in total. The predicted octanol–water partition coefficient (Wildman–Crippen LogP) is 2.72. The van der Waals surface area contributed by atoms with Gasteiger partial charge in [-0.05, 0) is 24.8 Å². The van der Waals surface area contributed by atoms with Gasteiger partial charge in [0.2, 0.25) is 5.91 Å². The lowest BCUT2D eigenvalue weighted by Crippen LogP contribution is -2.17. The highest BCUT2D eigenvalue weighted by Crippen LogP contribution is 2.52. The van der Waals surface area contributed by atoms with Gasteiger partial charge in [0.25, 0.3) is 0 Å². The van der Waals surface area contributed by atoms with E-state index in [0.29, 0.717) is 0 Å². The van der Waals surface area contributed by atoms with Crippen LogP contribution in [0.4, 0.5) is 5.69 Å². The number of benzene rings is 1. The van der Waals surface area contributed by atoms with Gasteiger partial charge in [-0.3, -0.25) is 4.79 Å². The Morgan fingerprint density at radius 3 is 2.59 bits per heavy atom. The summed E-state index contributed by atoms with van der Waals surface area (Å²) in [5.74, 6) is 0.160. The fraction of sp³-hybridized carbons (Fsp3) is 0.500. The number of carbonyl (C=O) groups excluding carboxylic acids is 1. The summed E-state index contributed by atoms with van der Waals surface area (Å²) in [6.45, 7) is 5.89. The van der Waals surface area contributed by atoms with Crippen molar-refractivity contribution >= 4 is 11.6 Å². The van der Waals surface area contributed by atoms with Gasteiger partial charge < -0.3 is 10.4 Å². The Hall–Kier alpha value is -1.35. The third kappa shape index (κ3) is 2.50. The van der Waals surface area contributed by atoms with Gasteiger partial charge in [0, 0.05) is 17.2 Å². The van der Waals surface area contributed by atoms with E-state index in [1.165, 1.54) is 0 Å². The summed E-state index contributed by atoms with van der Waals surface area (Å²) in [7, 11) is 0. The van der Waals surface area contributed by atoms with Crippen molar-refractivity contribution in [3.05, 3.63) is 29.8 Å². The second-order valence-corrected chi connectivity index (χ2v) is 5.50. The minimum absolute atomic E-state index is 0.0584. The Kier molecular flexibility index (Phi) is 2.96. The van der Waals surface area contributed by atoms with Crippen molar-refractivity contribution < 1.29 is 9.90 Å². The molecule has 1 saturated carbocycles. The molecule has 1 aliphatic carbocycles. The highest BCUT2D eigenvalue weighted by molar-refractivity contribution is 5.95. The molecule has 0 saturated heterocycles. The molecule has 1 amide bonds. The van der Waals surface area contributed by atoms with Crippen molar-refractivity contribution in [1.82, 2.24) is 0 Å². The molecule has 1 aromatic carbocycles. The monoisotopic (exact) mass is 233 g/mol. The molecule has 2 atom stereocenters. The molecule has 2 N–H and O–H groups in total. The first-order valence-corrected chi connectivity index (χ1v) is 5.99. The molecule has 0 spiro atoms. The quantitative estimate of drug-likeness (QED) is 0.843. The van der Waals surface area contributed by atoms with Crippen molar-refractivity contribution in [1.29, 1.82) is 0 Å². The Labute approximate surface area is 102 Å². The molecule has 0 heterocycles. The molecule has 1 aliphatic rings. The largest absolute Gasteiger partial charge is 0.389 e. The third-order valence-corrected chi connectivity index (χ3v) is 3.50. The number of rotatable bonds is 3. The molecule has 0 bridgehead atoms. The maximum atomic E-state index is 12.0. The summed E-state index contributed by atoms with van der Waals surface area (Å²) < 4.78 is 0. The lowest BCUT2D eigenvalue weighted by molar-refractivity contribution is -0.118. The maximum Gasteiger partial charge on any atom is 0.228 e. The summed E-state index contributed by atoms with van der Waals surface area (Å²) in [6, 6.07) is 7.38. The van der Waals surface area contributed by atoms with Crippen LogP contribution in [0.3, 0.4) is 0 Å². The predicted molar refractivity (Wildman–Crippen MR) is 67.6 cm³/mol. The van der Waals surface area contributed by atoms with Crippen LogP contribution < -0.4 is 5.32 Å². The molecular formula is C14H19NO2. The summed E-state index contributed by atoms with van der Waals surface area (Å²) >= 11 is 0. The van der Waals surface area contributed by atoms with Crippen molar-refractivity contribution in [2.75, 3.05) is 5.32 Å². The zero-order valence-electron chi connectivity index (χ0n) is 10.5. The highest BCUT2D eigenvalue weighted by Gasteiger charge is 2.50. The van der Waals surface area contributed by atoms with E-state index in [9.17, 15) is 9.90 Å². The number of aliphatic hydroxyl groups is 1. The minimum Gasteiger partial charge on any atom is -0.389 e. The Bertz CT molecular complexity index is 438. The van der Waals surface area contributed by atoms with E-state index in [0.717, 1.165) is 17.7 Å². The van der Waals surface area contributed by atoms with Gasteiger partial charge in [0.1, 0.15) is 0 Å². The molecule has 3 heteroatoms. The number of carbonyl (C=O) groups is 1. The summed E-state index contributed by atoms with van der Waals surface area (Å²) in [4.78, 5) is 12.0. The van der Waals surface area contributed by atoms with Gasteiger partial charge in [-0.25, -0.2) is 0 Å². The molecule has 1 fully saturated rings. The average molecular weight is 233 g/mol. The van der Waals surface area contributed by atoms with Crippen LogP contribution in [-0.4, -0.2) is 11.0 Å². The lowest BCUT2D eigenvalue weighted by atomic mass is 10.1. The second kappa shape index (κ2) is 4.15. The fourth-order valence-electron chi connectivity index (χ4n) is 2.11. The van der Waals surface area contributed by atoms with E-state index in [4.69, 9.17) is 0 Å². The zero-order chi connectivity index (χ0) is 12.6. The number of aliphatic hydroxyl groups excluding tert-OH is 1. The van der Waals surface area contributed by atoms with Crippen LogP contribution in [0.25, 0.3) is 0 Å². The van der Waals surface area contributed by atoms with Gasteiger partial charge in [-0.2, -0.15) is 0 Å². The number of para-hydroxylation sites is 1. The summed E-state index contributed by atoms with van der Waals surface area (Å²) in [5.41, 5.74) is 1.61. The first-order chi connectivity index (χ1) is 7.92. The standard InChI is InChI=1S/C14H19NO2/c1-9(16)10-6-4-5-7-12(10)15-13(17)11-8-14(11,2)3/h4-7,9,11,16H,8H2,1-3H3,(H,15,17). The molecule has 92 valence electrons. The van der Waals surface area contributed by atoms with Crippen LogP contribution in [0.1, 0.15) is 38.9 Å². The molecule has 17 heavy (non-hydrogen) atoms. The van der Waals surface area contributed by atoms with Crippen molar-refractivity contribution in [2.45, 2.75) is 33.3 Å². The van der Waals surface area contributed by atoms with E-state index >= 15 is 0 Å². The molecular weight excluding hydrogens is 214 g/mol. The summed E-state index contributed by atoms with van der Waals surface area (Å²) in [5, 5.41) is 12.5. The SMILES string of the molecule is CC(O)c1ccccc1NC(=O)C1CC1(C)C. The minimum atomic E-state index is -0.571. The number of hydrogen-bond acceptors (Lipinski definition) is 2. The summed E-state index contributed by atoms with van der Waals surface area (Å²) in [6.07, 6.45) is 0.370. The van der Waals surface area contributed by atoms with Crippen molar-refractivity contribution in [2.24, 2.45) is 11.3 Å². The Balaban J connectivity index is 2.11. The number of nitrogens with one attached hydrogen (secondary N) is 1. The lowest BCUT2D eigenvalue weighted by Gasteiger charge is -2.13. The second-order valence-electron chi connectivity index (χ2n) is 5.50. The fourth-order valence-corrected chi connectivity index (χ4v) is 2.11. The van der Waals surface area contributed by atoms with Gasteiger partial charge >= 0.3 is 0 Å².